The highest BCUT2D eigenvalue weighted by Gasteiger charge is 2.14. The Balaban J connectivity index is 1.67. The molecule has 3 N–H and O–H groups in total. The smallest absolute Gasteiger partial charge is 0.258 e. The van der Waals surface area contributed by atoms with Gasteiger partial charge in [0, 0.05) is 28.2 Å². The van der Waals surface area contributed by atoms with Crippen LogP contribution in [0.15, 0.2) is 40.6 Å². The fraction of sp³-hybridized carbons (Fsp3) is 0.158. The van der Waals surface area contributed by atoms with Gasteiger partial charge in [-0.05, 0) is 24.3 Å². The summed E-state index contributed by atoms with van der Waals surface area (Å²) in [5.41, 5.74) is 1.18. The van der Waals surface area contributed by atoms with Gasteiger partial charge in [0.1, 0.15) is 35.1 Å². The summed E-state index contributed by atoms with van der Waals surface area (Å²) in [5.74, 6) is 0.785. The number of aromatic nitrogens is 4. The minimum atomic E-state index is -0.305. The molecule has 1 aromatic carbocycles. The summed E-state index contributed by atoms with van der Waals surface area (Å²) in [6.07, 6.45) is 1.54. The van der Waals surface area contributed by atoms with E-state index in [0.717, 1.165) is 0 Å². The fourth-order valence-corrected chi connectivity index (χ4v) is 3.99. The van der Waals surface area contributed by atoms with Crippen LogP contribution in [0.5, 0.6) is 5.75 Å². The van der Waals surface area contributed by atoms with Crippen LogP contribution in [0.3, 0.4) is 0 Å². The standard InChI is InChI=1S/C19H15Cl2N5O3S/c20-10-5-11(21)7-12(6-10)29-8-15-25-16-13(18(28)26-15)1-2-22-17(16)14-9-30-19(24-14)23-3-4-27/h1-2,5-7,9,27H,3-4,8H2,(H,23,24)(H,25,26,28). The van der Waals surface area contributed by atoms with E-state index in [1.807, 2.05) is 5.38 Å². The molecule has 0 fully saturated rings. The molecule has 4 aromatic rings. The fourth-order valence-electron chi connectivity index (χ4n) is 2.76. The van der Waals surface area contributed by atoms with Crippen molar-refractivity contribution in [1.82, 2.24) is 19.9 Å². The van der Waals surface area contributed by atoms with Crippen molar-refractivity contribution in [2.45, 2.75) is 6.61 Å². The molecule has 0 spiro atoms. The number of nitrogens with one attached hydrogen (secondary N) is 2. The van der Waals surface area contributed by atoms with Crippen LogP contribution in [0, 0.1) is 0 Å². The molecule has 0 aliphatic carbocycles. The Labute approximate surface area is 184 Å². The molecule has 0 amide bonds. The minimum absolute atomic E-state index is 0.000435. The lowest BCUT2D eigenvalue weighted by Crippen LogP contribution is -2.14. The lowest BCUT2D eigenvalue weighted by molar-refractivity contribution is 0.296. The number of nitrogens with zero attached hydrogens (tertiary/aromatic N) is 3. The van der Waals surface area contributed by atoms with E-state index in [1.165, 1.54) is 11.3 Å². The Morgan fingerprint density at radius 2 is 2.00 bits per heavy atom. The van der Waals surface area contributed by atoms with Crippen molar-refractivity contribution in [2.75, 3.05) is 18.5 Å². The van der Waals surface area contributed by atoms with E-state index in [-0.39, 0.29) is 18.8 Å². The minimum Gasteiger partial charge on any atom is -0.486 e. The lowest BCUT2D eigenvalue weighted by Gasteiger charge is -2.08. The number of rotatable bonds is 7. The van der Waals surface area contributed by atoms with Crippen molar-refractivity contribution >= 4 is 50.6 Å². The van der Waals surface area contributed by atoms with Crippen molar-refractivity contribution in [1.29, 1.82) is 0 Å². The number of hydrogen-bond donors (Lipinski definition) is 3. The summed E-state index contributed by atoms with van der Waals surface area (Å²) in [4.78, 5) is 28.7. The zero-order valence-electron chi connectivity index (χ0n) is 15.4. The second kappa shape index (κ2) is 8.97. The molecular weight excluding hydrogens is 449 g/mol. The van der Waals surface area contributed by atoms with E-state index in [1.54, 1.807) is 30.5 Å². The molecule has 30 heavy (non-hydrogen) atoms. The summed E-state index contributed by atoms with van der Waals surface area (Å²) in [5, 5.41) is 15.7. The van der Waals surface area contributed by atoms with E-state index in [2.05, 4.69) is 25.3 Å². The van der Waals surface area contributed by atoms with Gasteiger partial charge in [0.15, 0.2) is 5.13 Å². The van der Waals surface area contributed by atoms with Crippen molar-refractivity contribution < 1.29 is 9.84 Å². The number of anilines is 1. The molecule has 3 heterocycles. The quantitative estimate of drug-likeness (QED) is 0.382. The number of halogens is 2. The number of H-pyrrole nitrogens is 1. The van der Waals surface area contributed by atoms with Crippen LogP contribution in [-0.4, -0.2) is 38.2 Å². The van der Waals surface area contributed by atoms with Crippen LogP contribution in [-0.2, 0) is 6.61 Å². The molecule has 0 radical (unpaired) electrons. The number of aliphatic hydroxyl groups excluding tert-OH is 1. The predicted molar refractivity (Wildman–Crippen MR) is 118 cm³/mol. The molecule has 0 aliphatic rings. The number of pyridine rings is 1. The second-order valence-corrected chi connectivity index (χ2v) is 7.88. The van der Waals surface area contributed by atoms with Gasteiger partial charge >= 0.3 is 0 Å². The summed E-state index contributed by atoms with van der Waals surface area (Å²) in [6.45, 7) is 0.402. The highest BCUT2D eigenvalue weighted by atomic mass is 35.5. The van der Waals surface area contributed by atoms with E-state index >= 15 is 0 Å². The Morgan fingerprint density at radius 1 is 1.20 bits per heavy atom. The topological polar surface area (TPSA) is 113 Å². The van der Waals surface area contributed by atoms with Gasteiger partial charge in [-0.15, -0.1) is 11.3 Å². The Bertz CT molecular complexity index is 1240. The molecule has 3 aromatic heterocycles. The highest BCUT2D eigenvalue weighted by Crippen LogP contribution is 2.28. The highest BCUT2D eigenvalue weighted by molar-refractivity contribution is 7.14. The summed E-state index contributed by atoms with van der Waals surface area (Å²) < 4.78 is 5.68. The SMILES string of the molecule is O=c1[nH]c(COc2cc(Cl)cc(Cl)c2)nc2c(-c3csc(NCCO)n3)nccc12. The monoisotopic (exact) mass is 463 g/mol. The lowest BCUT2D eigenvalue weighted by atomic mass is 10.2. The van der Waals surface area contributed by atoms with E-state index in [0.29, 0.717) is 55.6 Å². The third kappa shape index (κ3) is 4.54. The molecule has 0 atom stereocenters. The van der Waals surface area contributed by atoms with Gasteiger partial charge in [0.2, 0.25) is 0 Å². The number of ether oxygens (including phenoxy) is 1. The largest absolute Gasteiger partial charge is 0.486 e. The number of benzene rings is 1. The average Bonchev–Trinajstić information content (AvgIpc) is 3.18. The van der Waals surface area contributed by atoms with Gasteiger partial charge in [-0.2, -0.15) is 0 Å². The first-order valence-electron chi connectivity index (χ1n) is 8.81. The molecule has 0 saturated heterocycles. The first-order chi connectivity index (χ1) is 14.5. The summed E-state index contributed by atoms with van der Waals surface area (Å²) in [6, 6.07) is 6.44. The third-order valence-corrected chi connectivity index (χ3v) is 5.26. The van der Waals surface area contributed by atoms with Crippen molar-refractivity contribution in [3.8, 4) is 17.1 Å². The van der Waals surface area contributed by atoms with Crippen molar-refractivity contribution in [2.24, 2.45) is 0 Å². The number of aromatic amines is 1. The maximum Gasteiger partial charge on any atom is 0.258 e. The van der Waals surface area contributed by atoms with Crippen LogP contribution >= 0.6 is 34.5 Å². The number of aliphatic hydroxyl groups is 1. The van der Waals surface area contributed by atoms with Crippen LogP contribution < -0.4 is 15.6 Å². The van der Waals surface area contributed by atoms with E-state index in [4.69, 9.17) is 33.0 Å². The van der Waals surface area contributed by atoms with Crippen LogP contribution in [0.1, 0.15) is 5.82 Å². The van der Waals surface area contributed by atoms with Gasteiger partial charge in [0.05, 0.1) is 12.0 Å². The number of thiazole rings is 1. The van der Waals surface area contributed by atoms with Crippen LogP contribution in [0.25, 0.3) is 22.3 Å². The normalized spacial score (nSPS) is 11.0. The molecular formula is C19H15Cl2N5O3S. The van der Waals surface area contributed by atoms with Gasteiger partial charge in [-0.3, -0.25) is 9.78 Å². The first-order valence-corrected chi connectivity index (χ1v) is 10.4. The Hall–Kier alpha value is -2.72. The molecule has 0 saturated carbocycles. The molecule has 0 unspecified atom stereocenters. The third-order valence-electron chi connectivity index (χ3n) is 4.02. The van der Waals surface area contributed by atoms with Crippen LogP contribution in [0.2, 0.25) is 10.0 Å². The molecule has 154 valence electrons. The number of hydrogen-bond acceptors (Lipinski definition) is 8. The first kappa shape index (κ1) is 20.5. The van der Waals surface area contributed by atoms with Crippen LogP contribution in [0.4, 0.5) is 5.13 Å². The van der Waals surface area contributed by atoms with Crippen molar-refractivity contribution in [3.63, 3.8) is 0 Å². The number of fused-ring (bicyclic) bond motifs is 1. The second-order valence-electron chi connectivity index (χ2n) is 6.15. The summed E-state index contributed by atoms with van der Waals surface area (Å²) >= 11 is 13.3. The predicted octanol–water partition coefficient (Wildman–Crippen LogP) is 3.73. The maximum absolute atomic E-state index is 12.6. The zero-order valence-corrected chi connectivity index (χ0v) is 17.7. The van der Waals surface area contributed by atoms with Gasteiger partial charge in [0.25, 0.3) is 5.56 Å². The van der Waals surface area contributed by atoms with Crippen molar-refractivity contribution in [3.05, 3.63) is 62.1 Å². The Morgan fingerprint density at radius 3 is 2.77 bits per heavy atom. The van der Waals surface area contributed by atoms with Gasteiger partial charge in [-0.25, -0.2) is 9.97 Å². The molecule has 0 aliphatic heterocycles. The van der Waals surface area contributed by atoms with Gasteiger partial charge in [-0.1, -0.05) is 23.2 Å². The molecule has 11 heteroatoms. The molecule has 0 bridgehead atoms. The molecule has 4 rings (SSSR count). The summed E-state index contributed by atoms with van der Waals surface area (Å²) in [7, 11) is 0. The maximum atomic E-state index is 12.6. The van der Waals surface area contributed by atoms with E-state index in [9.17, 15) is 4.79 Å². The molecule has 8 nitrogen and oxygen atoms in total. The Kier molecular flexibility index (Phi) is 6.14. The van der Waals surface area contributed by atoms with Gasteiger partial charge < -0.3 is 20.1 Å². The zero-order chi connectivity index (χ0) is 21.1. The average molecular weight is 464 g/mol. The van der Waals surface area contributed by atoms with E-state index < -0.39 is 0 Å².